The molecule has 0 aliphatic carbocycles. The van der Waals surface area contributed by atoms with Gasteiger partial charge >= 0.3 is 0 Å². The minimum Gasteiger partial charge on any atom is -0.508 e. The Kier molecular flexibility index (Phi) is 3.18. The summed E-state index contributed by atoms with van der Waals surface area (Å²) in [4.78, 5) is 0. The van der Waals surface area contributed by atoms with Crippen LogP contribution in [0.4, 0.5) is 5.69 Å². The van der Waals surface area contributed by atoms with Crippen LogP contribution in [-0.2, 0) is 12.8 Å². The zero-order chi connectivity index (χ0) is 9.84. The van der Waals surface area contributed by atoms with Crippen LogP contribution < -0.4 is 5.73 Å². The molecule has 0 fully saturated rings. The quantitative estimate of drug-likeness (QED) is 0.553. The molecule has 0 saturated heterocycles. The number of nitrogen functional groups attached to an aromatic ring is 1. The van der Waals surface area contributed by atoms with Gasteiger partial charge in [0.2, 0.25) is 0 Å². The largest absolute Gasteiger partial charge is 0.508 e. The lowest BCUT2D eigenvalue weighted by Crippen LogP contribution is -1.99. The van der Waals surface area contributed by atoms with E-state index in [1.807, 2.05) is 0 Å². The van der Waals surface area contributed by atoms with E-state index in [0.717, 1.165) is 36.1 Å². The van der Waals surface area contributed by atoms with Gasteiger partial charge in [0, 0.05) is 5.69 Å². The molecule has 0 unspecified atom stereocenters. The lowest BCUT2D eigenvalue weighted by molar-refractivity contribution is 0.466. The topological polar surface area (TPSA) is 46.2 Å². The second-order valence-electron chi connectivity index (χ2n) is 3.23. The van der Waals surface area contributed by atoms with Crippen molar-refractivity contribution in [2.45, 2.75) is 33.1 Å². The summed E-state index contributed by atoms with van der Waals surface area (Å²) in [5.41, 5.74) is 8.73. The minimum absolute atomic E-state index is 0.382. The first-order valence-electron chi connectivity index (χ1n) is 4.79. The number of hydrogen-bond acceptors (Lipinski definition) is 2. The summed E-state index contributed by atoms with van der Waals surface area (Å²) in [6.45, 7) is 4.16. The third-order valence-electron chi connectivity index (χ3n) is 2.30. The van der Waals surface area contributed by atoms with Crippen LogP contribution >= 0.6 is 0 Å². The molecule has 0 saturated carbocycles. The number of phenolic OH excluding ortho intramolecular Hbond substituents is 1. The van der Waals surface area contributed by atoms with Crippen molar-refractivity contribution in [3.05, 3.63) is 23.3 Å². The van der Waals surface area contributed by atoms with E-state index in [4.69, 9.17) is 5.73 Å². The van der Waals surface area contributed by atoms with Crippen molar-refractivity contribution in [3.8, 4) is 5.75 Å². The van der Waals surface area contributed by atoms with E-state index >= 15 is 0 Å². The molecule has 1 rings (SSSR count). The molecule has 0 aliphatic heterocycles. The molecule has 2 heteroatoms. The fourth-order valence-electron chi connectivity index (χ4n) is 1.65. The third-order valence-corrected chi connectivity index (χ3v) is 2.30. The highest BCUT2D eigenvalue weighted by Gasteiger charge is 2.08. The van der Waals surface area contributed by atoms with E-state index in [2.05, 4.69) is 13.8 Å². The molecule has 0 aliphatic rings. The fraction of sp³-hybridized carbons (Fsp3) is 0.455. The van der Waals surface area contributed by atoms with Gasteiger partial charge in [-0.1, -0.05) is 20.3 Å². The summed E-state index contributed by atoms with van der Waals surface area (Å²) in [5.74, 6) is 0.382. The monoisotopic (exact) mass is 179 g/mol. The Balaban J connectivity index is 3.18. The lowest BCUT2D eigenvalue weighted by atomic mass is 9.98. The van der Waals surface area contributed by atoms with E-state index < -0.39 is 0 Å². The summed E-state index contributed by atoms with van der Waals surface area (Å²) >= 11 is 0. The van der Waals surface area contributed by atoms with Crippen LogP contribution in [0.3, 0.4) is 0 Å². The van der Waals surface area contributed by atoms with Crippen LogP contribution in [0.2, 0.25) is 0 Å². The van der Waals surface area contributed by atoms with Gasteiger partial charge in [0.25, 0.3) is 0 Å². The number of phenols is 1. The summed E-state index contributed by atoms with van der Waals surface area (Å²) in [5, 5.41) is 9.62. The number of anilines is 1. The van der Waals surface area contributed by atoms with Gasteiger partial charge in [0.15, 0.2) is 0 Å². The summed E-state index contributed by atoms with van der Waals surface area (Å²) < 4.78 is 0. The highest BCUT2D eigenvalue weighted by molar-refractivity contribution is 5.56. The molecule has 0 amide bonds. The molecule has 0 bridgehead atoms. The third kappa shape index (κ3) is 1.94. The predicted molar refractivity (Wildman–Crippen MR) is 55.9 cm³/mol. The lowest BCUT2D eigenvalue weighted by Gasteiger charge is -2.11. The molecule has 2 nitrogen and oxygen atoms in total. The van der Waals surface area contributed by atoms with Crippen molar-refractivity contribution < 1.29 is 5.11 Å². The summed E-state index contributed by atoms with van der Waals surface area (Å²) in [7, 11) is 0. The van der Waals surface area contributed by atoms with Gasteiger partial charge < -0.3 is 10.8 Å². The first kappa shape index (κ1) is 9.90. The number of nitrogens with two attached hydrogens (primary N) is 1. The van der Waals surface area contributed by atoms with Crippen molar-refractivity contribution in [2.75, 3.05) is 5.73 Å². The molecule has 72 valence electrons. The van der Waals surface area contributed by atoms with E-state index in [1.165, 1.54) is 0 Å². The van der Waals surface area contributed by atoms with Crippen LogP contribution in [0.15, 0.2) is 12.1 Å². The van der Waals surface area contributed by atoms with Crippen molar-refractivity contribution >= 4 is 5.69 Å². The molecule has 0 atom stereocenters. The van der Waals surface area contributed by atoms with Gasteiger partial charge in [0.05, 0.1) is 0 Å². The Morgan fingerprint density at radius 2 is 1.92 bits per heavy atom. The van der Waals surface area contributed by atoms with Crippen molar-refractivity contribution in [1.82, 2.24) is 0 Å². The SMILES string of the molecule is CCCc1c(O)ccc(N)c1CC. The van der Waals surface area contributed by atoms with Crippen LogP contribution in [0.1, 0.15) is 31.4 Å². The van der Waals surface area contributed by atoms with Gasteiger partial charge in [-0.15, -0.1) is 0 Å². The molecule has 13 heavy (non-hydrogen) atoms. The van der Waals surface area contributed by atoms with Gasteiger partial charge in [-0.05, 0) is 36.1 Å². The number of benzene rings is 1. The highest BCUT2D eigenvalue weighted by atomic mass is 16.3. The molecular weight excluding hydrogens is 162 g/mol. The minimum atomic E-state index is 0.382. The first-order chi connectivity index (χ1) is 6.20. The maximum absolute atomic E-state index is 9.62. The number of hydrogen-bond donors (Lipinski definition) is 2. The molecule has 0 heterocycles. The Hall–Kier alpha value is -1.18. The average molecular weight is 179 g/mol. The van der Waals surface area contributed by atoms with Crippen LogP contribution in [0.5, 0.6) is 5.75 Å². The Labute approximate surface area is 79.4 Å². The van der Waals surface area contributed by atoms with Crippen molar-refractivity contribution in [1.29, 1.82) is 0 Å². The van der Waals surface area contributed by atoms with Crippen molar-refractivity contribution in [3.63, 3.8) is 0 Å². The van der Waals surface area contributed by atoms with Gasteiger partial charge in [-0.2, -0.15) is 0 Å². The van der Waals surface area contributed by atoms with E-state index in [-0.39, 0.29) is 0 Å². The second kappa shape index (κ2) is 4.17. The zero-order valence-corrected chi connectivity index (χ0v) is 8.30. The van der Waals surface area contributed by atoms with Gasteiger partial charge in [-0.25, -0.2) is 0 Å². The summed E-state index contributed by atoms with van der Waals surface area (Å²) in [6, 6.07) is 3.45. The van der Waals surface area contributed by atoms with E-state index in [1.54, 1.807) is 12.1 Å². The summed E-state index contributed by atoms with van der Waals surface area (Å²) in [6.07, 6.45) is 2.82. The average Bonchev–Trinajstić information content (AvgIpc) is 2.12. The number of rotatable bonds is 3. The van der Waals surface area contributed by atoms with Gasteiger partial charge in [0.1, 0.15) is 5.75 Å². The molecule has 1 aromatic rings. The normalized spacial score (nSPS) is 10.3. The van der Waals surface area contributed by atoms with E-state index in [9.17, 15) is 5.11 Å². The van der Waals surface area contributed by atoms with Crippen LogP contribution in [0.25, 0.3) is 0 Å². The van der Waals surface area contributed by atoms with Crippen LogP contribution in [-0.4, -0.2) is 5.11 Å². The van der Waals surface area contributed by atoms with Crippen molar-refractivity contribution in [2.24, 2.45) is 0 Å². The second-order valence-corrected chi connectivity index (χ2v) is 3.23. The first-order valence-corrected chi connectivity index (χ1v) is 4.79. The standard InChI is InChI=1S/C11H17NO/c1-3-5-9-8(4-2)10(12)6-7-11(9)13/h6-7,13H,3-5,12H2,1-2H3. The fourth-order valence-corrected chi connectivity index (χ4v) is 1.65. The van der Waals surface area contributed by atoms with Crippen LogP contribution in [0, 0.1) is 0 Å². The molecule has 0 aromatic heterocycles. The maximum atomic E-state index is 9.62. The Morgan fingerprint density at radius 1 is 1.23 bits per heavy atom. The predicted octanol–water partition coefficient (Wildman–Crippen LogP) is 2.49. The van der Waals surface area contributed by atoms with Gasteiger partial charge in [-0.3, -0.25) is 0 Å². The zero-order valence-electron chi connectivity index (χ0n) is 8.30. The smallest absolute Gasteiger partial charge is 0.119 e. The van der Waals surface area contributed by atoms with E-state index in [0.29, 0.717) is 5.75 Å². The molecule has 3 N–H and O–H groups in total. The highest BCUT2D eigenvalue weighted by Crippen LogP contribution is 2.27. The molecule has 0 radical (unpaired) electrons. The molecular formula is C11H17NO. The Morgan fingerprint density at radius 3 is 2.46 bits per heavy atom. The number of aromatic hydroxyl groups is 1. The molecule has 1 aromatic carbocycles. The molecule has 0 spiro atoms. The maximum Gasteiger partial charge on any atom is 0.119 e. The Bertz CT molecular complexity index is 294.